The van der Waals surface area contributed by atoms with E-state index in [2.05, 4.69) is 15.5 Å². The Bertz CT molecular complexity index is 876. The zero-order valence-corrected chi connectivity index (χ0v) is 15.0. The van der Waals surface area contributed by atoms with E-state index < -0.39 is 5.66 Å². The van der Waals surface area contributed by atoms with E-state index in [-0.39, 0.29) is 17.8 Å². The largest absolute Gasteiger partial charge is 0.351 e. The third kappa shape index (κ3) is 3.09. The number of halogens is 1. The molecule has 1 spiro atoms. The highest BCUT2D eigenvalue weighted by Gasteiger charge is 2.44. The minimum atomic E-state index is -0.488. The normalized spacial score (nSPS) is 18.1. The molecule has 0 radical (unpaired) electrons. The summed E-state index contributed by atoms with van der Waals surface area (Å²) in [6.07, 6.45) is 1.25. The van der Waals surface area contributed by atoms with Gasteiger partial charge < -0.3 is 20.4 Å². The van der Waals surface area contributed by atoms with Crippen LogP contribution in [0.2, 0.25) is 0 Å². The summed E-state index contributed by atoms with van der Waals surface area (Å²) in [6.45, 7) is 1.03. The van der Waals surface area contributed by atoms with Crippen LogP contribution in [0, 0.1) is 5.82 Å². The van der Waals surface area contributed by atoms with E-state index in [1.54, 1.807) is 4.90 Å². The standard InChI is InChI=1S/C20H21FN4O2/c1-24-17-5-3-2-4-16(17)18(26)23-20(24)10-12-25(13-11-20)19(27)22-15-8-6-14(21)7-9-15/h2-9H,10-13H2,1H3,(H,22,27)(H,23,26). The lowest BCUT2D eigenvalue weighted by Crippen LogP contribution is -2.67. The van der Waals surface area contributed by atoms with Crippen molar-refractivity contribution in [3.05, 3.63) is 59.9 Å². The van der Waals surface area contributed by atoms with Crippen LogP contribution < -0.4 is 15.5 Å². The van der Waals surface area contributed by atoms with Gasteiger partial charge in [0.05, 0.1) is 11.3 Å². The lowest BCUT2D eigenvalue weighted by atomic mass is 9.90. The number of piperidine rings is 1. The highest BCUT2D eigenvalue weighted by Crippen LogP contribution is 2.36. The quantitative estimate of drug-likeness (QED) is 0.813. The van der Waals surface area contributed by atoms with E-state index in [4.69, 9.17) is 0 Å². The minimum absolute atomic E-state index is 0.0760. The number of carbonyl (C=O) groups is 2. The molecule has 0 bridgehead atoms. The third-order valence-electron chi connectivity index (χ3n) is 5.47. The van der Waals surface area contributed by atoms with Crippen molar-refractivity contribution in [2.45, 2.75) is 18.5 Å². The van der Waals surface area contributed by atoms with Crippen LogP contribution >= 0.6 is 0 Å². The Kier molecular flexibility index (Phi) is 4.22. The number of fused-ring (bicyclic) bond motifs is 1. The number of hydrogen-bond acceptors (Lipinski definition) is 3. The Morgan fingerprint density at radius 3 is 2.48 bits per heavy atom. The van der Waals surface area contributed by atoms with Gasteiger partial charge in [0.25, 0.3) is 5.91 Å². The Morgan fingerprint density at radius 1 is 1.11 bits per heavy atom. The number of urea groups is 1. The minimum Gasteiger partial charge on any atom is -0.351 e. The van der Waals surface area contributed by atoms with Crippen molar-refractivity contribution in [3.63, 3.8) is 0 Å². The number of amides is 3. The van der Waals surface area contributed by atoms with Gasteiger partial charge >= 0.3 is 6.03 Å². The molecular formula is C20H21FN4O2. The molecule has 0 aliphatic carbocycles. The number of carbonyl (C=O) groups excluding carboxylic acids is 2. The first-order valence-corrected chi connectivity index (χ1v) is 8.95. The summed E-state index contributed by atoms with van der Waals surface area (Å²) in [5, 5.41) is 5.93. The van der Waals surface area contributed by atoms with Crippen molar-refractivity contribution in [1.29, 1.82) is 0 Å². The van der Waals surface area contributed by atoms with Crippen molar-refractivity contribution in [3.8, 4) is 0 Å². The van der Waals surface area contributed by atoms with Crippen LogP contribution in [0.3, 0.4) is 0 Å². The molecule has 0 saturated carbocycles. The number of rotatable bonds is 1. The third-order valence-corrected chi connectivity index (χ3v) is 5.47. The van der Waals surface area contributed by atoms with Gasteiger partial charge in [-0.05, 0) is 36.4 Å². The van der Waals surface area contributed by atoms with Gasteiger partial charge in [0.1, 0.15) is 11.5 Å². The van der Waals surface area contributed by atoms with Crippen molar-refractivity contribution in [2.24, 2.45) is 0 Å². The first kappa shape index (κ1) is 17.3. The Labute approximate surface area is 157 Å². The predicted octanol–water partition coefficient (Wildman–Crippen LogP) is 3.03. The second kappa shape index (κ2) is 6.57. The Hall–Kier alpha value is -3.09. The summed E-state index contributed by atoms with van der Waals surface area (Å²) in [7, 11) is 1.98. The molecule has 2 aromatic rings. The highest BCUT2D eigenvalue weighted by molar-refractivity contribution is 6.02. The maximum absolute atomic E-state index is 13.0. The monoisotopic (exact) mass is 368 g/mol. The van der Waals surface area contributed by atoms with Crippen LogP contribution in [0.5, 0.6) is 0 Å². The maximum atomic E-state index is 13.0. The SMILES string of the molecule is CN1c2ccccc2C(=O)NC12CCN(C(=O)Nc1ccc(F)cc1)CC2. The van der Waals surface area contributed by atoms with Gasteiger partial charge in [-0.2, -0.15) is 0 Å². The van der Waals surface area contributed by atoms with E-state index in [9.17, 15) is 14.0 Å². The highest BCUT2D eigenvalue weighted by atomic mass is 19.1. The number of nitrogens with zero attached hydrogens (tertiary/aromatic N) is 2. The van der Waals surface area contributed by atoms with Crippen LogP contribution in [0.25, 0.3) is 0 Å². The van der Waals surface area contributed by atoms with Crippen molar-refractivity contribution < 1.29 is 14.0 Å². The molecule has 1 fully saturated rings. The van der Waals surface area contributed by atoms with Gasteiger partial charge in [-0.3, -0.25) is 4.79 Å². The Balaban J connectivity index is 1.45. The maximum Gasteiger partial charge on any atom is 0.321 e. The average Bonchev–Trinajstić information content (AvgIpc) is 2.69. The first-order chi connectivity index (χ1) is 13.0. The lowest BCUT2D eigenvalue weighted by Gasteiger charge is -2.51. The van der Waals surface area contributed by atoms with E-state index in [0.717, 1.165) is 5.69 Å². The van der Waals surface area contributed by atoms with E-state index in [1.165, 1.54) is 24.3 Å². The van der Waals surface area contributed by atoms with Crippen molar-refractivity contribution >= 4 is 23.3 Å². The van der Waals surface area contributed by atoms with E-state index in [1.807, 2.05) is 31.3 Å². The molecule has 2 heterocycles. The fourth-order valence-corrected chi connectivity index (χ4v) is 3.83. The number of hydrogen-bond donors (Lipinski definition) is 2. The molecule has 6 nitrogen and oxygen atoms in total. The number of benzene rings is 2. The summed E-state index contributed by atoms with van der Waals surface area (Å²) in [6, 6.07) is 13.0. The van der Waals surface area contributed by atoms with E-state index in [0.29, 0.717) is 37.2 Å². The van der Waals surface area contributed by atoms with Crippen LogP contribution in [0.1, 0.15) is 23.2 Å². The smallest absolute Gasteiger partial charge is 0.321 e. The average molecular weight is 368 g/mol. The number of likely N-dealkylation sites (tertiary alicyclic amines) is 1. The topological polar surface area (TPSA) is 64.7 Å². The lowest BCUT2D eigenvalue weighted by molar-refractivity contribution is 0.0815. The molecule has 0 unspecified atom stereocenters. The molecule has 1 saturated heterocycles. The molecule has 27 heavy (non-hydrogen) atoms. The van der Waals surface area contributed by atoms with Crippen molar-refractivity contribution in [2.75, 3.05) is 30.4 Å². The molecule has 0 atom stereocenters. The molecule has 140 valence electrons. The van der Waals surface area contributed by atoms with Crippen LogP contribution in [0.15, 0.2) is 48.5 Å². The van der Waals surface area contributed by atoms with Gasteiger partial charge in [0.2, 0.25) is 0 Å². The molecule has 0 aromatic heterocycles. The molecule has 7 heteroatoms. The number of anilines is 2. The van der Waals surface area contributed by atoms with Gasteiger partial charge in [-0.25, -0.2) is 9.18 Å². The molecule has 2 aromatic carbocycles. The fourth-order valence-electron chi connectivity index (χ4n) is 3.83. The zero-order chi connectivity index (χ0) is 19.0. The van der Waals surface area contributed by atoms with Crippen LogP contribution in [-0.4, -0.2) is 42.6 Å². The summed E-state index contributed by atoms with van der Waals surface area (Å²) < 4.78 is 13.0. The number of nitrogens with one attached hydrogen (secondary N) is 2. The molecule has 2 aliphatic rings. The number of para-hydroxylation sites is 1. The molecule has 2 N–H and O–H groups in total. The van der Waals surface area contributed by atoms with Gasteiger partial charge in [-0.15, -0.1) is 0 Å². The van der Waals surface area contributed by atoms with E-state index >= 15 is 0 Å². The summed E-state index contributed by atoms with van der Waals surface area (Å²) in [5.74, 6) is -0.419. The molecule has 4 rings (SSSR count). The second-order valence-corrected chi connectivity index (χ2v) is 6.99. The van der Waals surface area contributed by atoms with Gasteiger partial charge in [0, 0.05) is 38.7 Å². The van der Waals surface area contributed by atoms with Gasteiger partial charge in [0.15, 0.2) is 0 Å². The molecule has 2 aliphatic heterocycles. The molecular weight excluding hydrogens is 347 g/mol. The summed E-state index contributed by atoms with van der Waals surface area (Å²) in [5.41, 5.74) is 1.64. The second-order valence-electron chi connectivity index (χ2n) is 6.99. The van der Waals surface area contributed by atoms with Gasteiger partial charge in [-0.1, -0.05) is 12.1 Å². The van der Waals surface area contributed by atoms with Crippen LogP contribution in [0.4, 0.5) is 20.6 Å². The predicted molar refractivity (Wildman–Crippen MR) is 101 cm³/mol. The summed E-state index contributed by atoms with van der Waals surface area (Å²) in [4.78, 5) is 28.8. The fraction of sp³-hybridized carbons (Fsp3) is 0.300. The van der Waals surface area contributed by atoms with Crippen LogP contribution in [-0.2, 0) is 0 Å². The van der Waals surface area contributed by atoms with Crippen molar-refractivity contribution in [1.82, 2.24) is 10.2 Å². The first-order valence-electron chi connectivity index (χ1n) is 8.95. The zero-order valence-electron chi connectivity index (χ0n) is 15.0. The summed E-state index contributed by atoms with van der Waals surface area (Å²) >= 11 is 0. The Morgan fingerprint density at radius 2 is 1.78 bits per heavy atom. The molecule has 3 amide bonds.